The highest BCUT2D eigenvalue weighted by Crippen LogP contribution is 2.56. The number of hydrogen-bond donors (Lipinski definition) is 0. The molecule has 0 aromatic heterocycles. The highest BCUT2D eigenvalue weighted by molar-refractivity contribution is 5.75. The first-order valence-corrected chi connectivity index (χ1v) is 13.3. The summed E-state index contributed by atoms with van der Waals surface area (Å²) in [5, 5.41) is 0. The van der Waals surface area contributed by atoms with Crippen LogP contribution < -0.4 is 9.47 Å². The summed E-state index contributed by atoms with van der Waals surface area (Å²) < 4.78 is 38.9. The third kappa shape index (κ3) is 5.89. The number of carbonyl (C=O) groups excluding carboxylic acids is 1. The van der Waals surface area contributed by atoms with E-state index in [-0.39, 0.29) is 24.0 Å². The quantitative estimate of drug-likeness (QED) is 0.258. The molecular formula is C28H42F2O3. The van der Waals surface area contributed by atoms with Gasteiger partial charge < -0.3 is 9.47 Å². The van der Waals surface area contributed by atoms with Gasteiger partial charge in [-0.2, -0.15) is 8.78 Å². The molecule has 5 heteroatoms. The normalized spacial score (nSPS) is 22.8. The van der Waals surface area contributed by atoms with Crippen molar-refractivity contribution in [1.29, 1.82) is 0 Å². The second kappa shape index (κ2) is 12.2. The van der Waals surface area contributed by atoms with E-state index in [1.807, 2.05) is 0 Å². The average molecular weight is 465 g/mol. The van der Waals surface area contributed by atoms with Gasteiger partial charge >= 0.3 is 5.97 Å². The molecule has 0 bridgehead atoms. The van der Waals surface area contributed by atoms with Crippen LogP contribution in [0.4, 0.5) is 8.78 Å². The van der Waals surface area contributed by atoms with Crippen LogP contribution in [-0.4, -0.2) is 12.6 Å². The summed E-state index contributed by atoms with van der Waals surface area (Å²) in [4.78, 5) is 12.8. The minimum atomic E-state index is -1.16. The molecule has 2 fully saturated rings. The summed E-state index contributed by atoms with van der Waals surface area (Å²) in [6.07, 6.45) is 15.3. The Kier molecular flexibility index (Phi) is 9.57. The van der Waals surface area contributed by atoms with Crippen molar-refractivity contribution < 1.29 is 23.0 Å². The Morgan fingerprint density at radius 1 is 0.939 bits per heavy atom. The zero-order valence-electron chi connectivity index (χ0n) is 20.8. The maximum Gasteiger partial charge on any atom is 0.314 e. The molecule has 0 aliphatic heterocycles. The molecule has 1 aromatic rings. The molecular weight excluding hydrogens is 422 g/mol. The summed E-state index contributed by atoms with van der Waals surface area (Å²) >= 11 is 0. The molecule has 2 aliphatic carbocycles. The zero-order chi connectivity index (χ0) is 23.8. The van der Waals surface area contributed by atoms with Gasteiger partial charge in [-0.25, -0.2) is 0 Å². The van der Waals surface area contributed by atoms with Crippen LogP contribution >= 0.6 is 0 Å². The van der Waals surface area contributed by atoms with Crippen molar-refractivity contribution >= 4 is 5.97 Å². The number of benzene rings is 1. The Balaban J connectivity index is 1.65. The lowest BCUT2D eigenvalue weighted by Crippen LogP contribution is -2.42. The first-order valence-electron chi connectivity index (χ1n) is 13.3. The van der Waals surface area contributed by atoms with Crippen molar-refractivity contribution in [3.05, 3.63) is 23.8 Å². The van der Waals surface area contributed by atoms with Gasteiger partial charge in [0.1, 0.15) is 0 Å². The predicted octanol–water partition coefficient (Wildman–Crippen LogP) is 8.24. The number of carbonyl (C=O) groups is 1. The third-order valence-electron chi connectivity index (χ3n) is 8.27. The molecule has 0 amide bonds. The van der Waals surface area contributed by atoms with E-state index in [1.54, 1.807) is 6.92 Å². The number of halogens is 2. The highest BCUT2D eigenvalue weighted by atomic mass is 19.2. The molecule has 0 N–H and O–H groups in total. The fraction of sp³-hybridized carbons (Fsp3) is 0.750. The van der Waals surface area contributed by atoms with Crippen LogP contribution in [-0.2, 0) is 4.79 Å². The van der Waals surface area contributed by atoms with Gasteiger partial charge in [-0.1, -0.05) is 58.8 Å². The molecule has 0 radical (unpaired) electrons. The van der Waals surface area contributed by atoms with Crippen molar-refractivity contribution in [2.24, 2.45) is 23.2 Å². The molecule has 0 atom stereocenters. The molecule has 2 aliphatic rings. The molecule has 3 nitrogen and oxygen atoms in total. The minimum absolute atomic E-state index is 0.165. The smallest absolute Gasteiger partial charge is 0.314 e. The Labute approximate surface area is 198 Å². The Bertz CT molecular complexity index is 759. The van der Waals surface area contributed by atoms with E-state index < -0.39 is 17.6 Å². The van der Waals surface area contributed by atoms with Crippen molar-refractivity contribution in [2.75, 3.05) is 6.61 Å². The van der Waals surface area contributed by atoms with Gasteiger partial charge in [-0.05, 0) is 74.8 Å². The number of esters is 1. The summed E-state index contributed by atoms with van der Waals surface area (Å²) in [5.41, 5.74) is 0.420. The number of ether oxygens (including phenoxy) is 2. The minimum Gasteiger partial charge on any atom is -0.491 e. The molecule has 0 saturated heterocycles. The lowest BCUT2D eigenvalue weighted by atomic mass is 9.54. The zero-order valence-corrected chi connectivity index (χ0v) is 20.8. The molecule has 1 aromatic carbocycles. The van der Waals surface area contributed by atoms with Crippen molar-refractivity contribution in [2.45, 2.75) is 104 Å². The Hall–Kier alpha value is -1.65. The number of hydrogen-bond acceptors (Lipinski definition) is 3. The monoisotopic (exact) mass is 464 g/mol. The summed E-state index contributed by atoms with van der Waals surface area (Å²) in [6, 6.07) is 2.60. The van der Waals surface area contributed by atoms with E-state index in [2.05, 4.69) is 13.8 Å². The predicted molar refractivity (Wildman–Crippen MR) is 127 cm³/mol. The molecule has 0 spiro atoms. The summed E-state index contributed by atoms with van der Waals surface area (Å²) in [5.74, 6) is -2.03. The van der Waals surface area contributed by atoms with Gasteiger partial charge in [0.15, 0.2) is 11.5 Å². The van der Waals surface area contributed by atoms with Gasteiger partial charge in [0.2, 0.25) is 11.6 Å². The van der Waals surface area contributed by atoms with Gasteiger partial charge in [-0.3, -0.25) is 4.79 Å². The van der Waals surface area contributed by atoms with Crippen LogP contribution in [0.1, 0.15) is 104 Å². The largest absolute Gasteiger partial charge is 0.491 e. The second-order valence-corrected chi connectivity index (χ2v) is 10.2. The molecule has 0 heterocycles. The van der Waals surface area contributed by atoms with Crippen LogP contribution in [0.15, 0.2) is 12.1 Å². The standard InChI is InChI=1S/C28H42F2O3/c1-4-10-21(11-5-2)28(18-8-7-9-19-28)22-14-12-20(13-15-22)27(31)33-24-17-16-23(32-6-3)25(29)26(24)30/h16-17,20-22H,4-15,18-19H2,1-3H3. The van der Waals surface area contributed by atoms with Crippen LogP contribution in [0.3, 0.4) is 0 Å². The first-order chi connectivity index (χ1) is 16.0. The maximum atomic E-state index is 14.4. The first kappa shape index (κ1) is 26.0. The van der Waals surface area contributed by atoms with E-state index in [9.17, 15) is 13.6 Å². The van der Waals surface area contributed by atoms with Crippen LogP contribution in [0.5, 0.6) is 11.5 Å². The lowest BCUT2D eigenvalue weighted by Gasteiger charge is -2.51. The molecule has 33 heavy (non-hydrogen) atoms. The lowest BCUT2D eigenvalue weighted by molar-refractivity contribution is -0.141. The maximum absolute atomic E-state index is 14.4. The molecule has 186 valence electrons. The SMILES string of the molecule is CCCC(CCC)C1(C2CCC(C(=O)Oc3ccc(OCC)c(F)c3F)CC2)CCCCC1. The Morgan fingerprint density at radius 3 is 2.09 bits per heavy atom. The average Bonchev–Trinajstić information content (AvgIpc) is 2.84. The second-order valence-electron chi connectivity index (χ2n) is 10.2. The Morgan fingerprint density at radius 2 is 1.52 bits per heavy atom. The van der Waals surface area contributed by atoms with Gasteiger partial charge in [-0.15, -0.1) is 0 Å². The van der Waals surface area contributed by atoms with Crippen LogP contribution in [0.25, 0.3) is 0 Å². The topological polar surface area (TPSA) is 35.5 Å². The van der Waals surface area contributed by atoms with E-state index >= 15 is 0 Å². The van der Waals surface area contributed by atoms with Gasteiger partial charge in [0.05, 0.1) is 12.5 Å². The summed E-state index contributed by atoms with van der Waals surface area (Å²) in [6.45, 7) is 6.54. The highest BCUT2D eigenvalue weighted by Gasteiger charge is 2.46. The van der Waals surface area contributed by atoms with E-state index in [0.29, 0.717) is 11.3 Å². The van der Waals surface area contributed by atoms with Crippen molar-refractivity contribution in [3.8, 4) is 11.5 Å². The van der Waals surface area contributed by atoms with E-state index in [1.165, 1.54) is 69.9 Å². The van der Waals surface area contributed by atoms with E-state index in [4.69, 9.17) is 9.47 Å². The van der Waals surface area contributed by atoms with Crippen LogP contribution in [0.2, 0.25) is 0 Å². The molecule has 0 unspecified atom stereocenters. The fourth-order valence-corrected chi connectivity index (χ4v) is 6.73. The van der Waals surface area contributed by atoms with Crippen LogP contribution in [0, 0.1) is 34.8 Å². The van der Waals surface area contributed by atoms with Gasteiger partial charge in [0, 0.05) is 0 Å². The van der Waals surface area contributed by atoms with E-state index in [0.717, 1.165) is 31.6 Å². The molecule has 3 rings (SSSR count). The van der Waals surface area contributed by atoms with Crippen molar-refractivity contribution in [1.82, 2.24) is 0 Å². The van der Waals surface area contributed by atoms with Crippen molar-refractivity contribution in [3.63, 3.8) is 0 Å². The number of rotatable bonds is 10. The third-order valence-corrected chi connectivity index (χ3v) is 8.27. The molecule has 2 saturated carbocycles. The summed E-state index contributed by atoms with van der Waals surface area (Å²) in [7, 11) is 0. The van der Waals surface area contributed by atoms with Gasteiger partial charge in [0.25, 0.3) is 0 Å². The fourth-order valence-electron chi connectivity index (χ4n) is 6.73.